The third kappa shape index (κ3) is 4.15. The highest BCUT2D eigenvalue weighted by Gasteiger charge is 2.52. The molecular weight excluding hydrogens is 378 g/mol. The second-order valence-electron chi connectivity index (χ2n) is 7.37. The first-order chi connectivity index (χ1) is 13.4. The van der Waals surface area contributed by atoms with Crippen LogP contribution in [0.4, 0.5) is 0 Å². The van der Waals surface area contributed by atoms with E-state index in [9.17, 15) is 9.59 Å². The number of carbonyl (C=O) groups excluding carboxylic acids is 2. The molecule has 0 amide bonds. The van der Waals surface area contributed by atoms with Gasteiger partial charge < -0.3 is 14.0 Å². The van der Waals surface area contributed by atoms with Crippen molar-refractivity contribution in [2.24, 2.45) is 0 Å². The van der Waals surface area contributed by atoms with Crippen LogP contribution in [0.5, 0.6) is 0 Å². The fraction of sp³-hybridized carbons (Fsp3) is 0.455. The maximum Gasteiger partial charge on any atom is 0.317 e. The zero-order valence-electron chi connectivity index (χ0n) is 16.6. The number of carbonyl (C=O) groups is 2. The third-order valence-corrected chi connectivity index (χ3v) is 5.73. The molecule has 0 bridgehead atoms. The third-order valence-electron chi connectivity index (χ3n) is 5.48. The molecule has 1 aliphatic carbocycles. The molecule has 1 aromatic heterocycles. The summed E-state index contributed by atoms with van der Waals surface area (Å²) in [5.41, 5.74) is 2.79. The maximum atomic E-state index is 12.7. The lowest BCUT2D eigenvalue weighted by Gasteiger charge is -2.15. The van der Waals surface area contributed by atoms with E-state index in [0.717, 1.165) is 42.8 Å². The van der Waals surface area contributed by atoms with Crippen molar-refractivity contribution < 1.29 is 19.1 Å². The summed E-state index contributed by atoms with van der Waals surface area (Å²) in [6.45, 7) is 5.12. The Kier molecular flexibility index (Phi) is 6.26. The number of ketones is 1. The zero-order chi connectivity index (χ0) is 20.3. The first-order valence-electron chi connectivity index (χ1n) is 9.51. The summed E-state index contributed by atoms with van der Waals surface area (Å²) in [6, 6.07) is 9.12. The second kappa shape index (κ2) is 8.50. The average Bonchev–Trinajstić information content (AvgIpc) is 3.44. The summed E-state index contributed by atoms with van der Waals surface area (Å²) < 4.78 is 12.6. The molecule has 0 saturated heterocycles. The molecule has 3 rings (SSSR count). The number of nitrogens with zero attached hydrogens (tertiary/aromatic N) is 1. The van der Waals surface area contributed by atoms with Gasteiger partial charge in [0.1, 0.15) is 0 Å². The number of halogens is 1. The van der Waals surface area contributed by atoms with Crippen LogP contribution in [-0.4, -0.2) is 36.6 Å². The van der Waals surface area contributed by atoms with Crippen LogP contribution in [0, 0.1) is 13.8 Å². The van der Waals surface area contributed by atoms with E-state index in [2.05, 4.69) is 4.57 Å². The summed E-state index contributed by atoms with van der Waals surface area (Å²) >= 11 is 5.93. The van der Waals surface area contributed by atoms with Gasteiger partial charge in [0.2, 0.25) is 5.78 Å². The lowest BCUT2D eigenvalue weighted by molar-refractivity contribution is -0.145. The molecule has 1 saturated carbocycles. The van der Waals surface area contributed by atoms with Crippen molar-refractivity contribution in [3.8, 4) is 0 Å². The highest BCUT2D eigenvalue weighted by molar-refractivity contribution is 6.30. The van der Waals surface area contributed by atoms with Crippen molar-refractivity contribution in [1.29, 1.82) is 0 Å². The summed E-state index contributed by atoms with van der Waals surface area (Å²) in [7, 11) is 1.68. The quantitative estimate of drug-likeness (QED) is 0.356. The molecule has 1 aliphatic rings. The van der Waals surface area contributed by atoms with Crippen molar-refractivity contribution in [2.75, 3.05) is 20.3 Å². The Morgan fingerprint density at radius 3 is 2.46 bits per heavy atom. The average molecular weight is 404 g/mol. The Labute approximate surface area is 170 Å². The number of rotatable bonds is 9. The minimum absolute atomic E-state index is 0.175. The molecule has 0 unspecified atom stereocenters. The van der Waals surface area contributed by atoms with Gasteiger partial charge in [-0.3, -0.25) is 9.59 Å². The van der Waals surface area contributed by atoms with E-state index in [4.69, 9.17) is 21.1 Å². The van der Waals surface area contributed by atoms with Gasteiger partial charge in [-0.25, -0.2) is 0 Å². The van der Waals surface area contributed by atoms with Crippen LogP contribution in [-0.2, 0) is 26.2 Å². The van der Waals surface area contributed by atoms with Gasteiger partial charge in [-0.15, -0.1) is 0 Å². The van der Waals surface area contributed by atoms with E-state index < -0.39 is 5.41 Å². The van der Waals surface area contributed by atoms with Gasteiger partial charge in [0.05, 0.1) is 5.41 Å². The molecule has 1 aromatic carbocycles. The summed E-state index contributed by atoms with van der Waals surface area (Å²) in [6.07, 6.45) is 2.34. The Hall–Kier alpha value is -2.11. The molecule has 0 spiro atoms. The number of hydrogen-bond acceptors (Lipinski definition) is 4. The highest BCUT2D eigenvalue weighted by atomic mass is 35.5. The van der Waals surface area contributed by atoms with Crippen LogP contribution in [0.1, 0.15) is 46.6 Å². The monoisotopic (exact) mass is 403 g/mol. The molecule has 28 heavy (non-hydrogen) atoms. The Morgan fingerprint density at radius 1 is 1.18 bits per heavy atom. The number of ether oxygens (including phenoxy) is 2. The van der Waals surface area contributed by atoms with Crippen molar-refractivity contribution in [3.05, 3.63) is 57.9 Å². The minimum atomic E-state index is -0.623. The van der Waals surface area contributed by atoms with Crippen molar-refractivity contribution in [1.82, 2.24) is 4.57 Å². The van der Waals surface area contributed by atoms with Crippen molar-refractivity contribution in [3.63, 3.8) is 0 Å². The van der Waals surface area contributed by atoms with Gasteiger partial charge in [0.15, 0.2) is 6.61 Å². The van der Waals surface area contributed by atoms with Gasteiger partial charge in [-0.2, -0.15) is 0 Å². The Morgan fingerprint density at radius 2 is 1.86 bits per heavy atom. The largest absolute Gasteiger partial charge is 0.457 e. The number of benzene rings is 1. The predicted octanol–water partition coefficient (Wildman–Crippen LogP) is 4.25. The molecule has 5 nitrogen and oxygen atoms in total. The van der Waals surface area contributed by atoms with E-state index in [1.54, 1.807) is 19.2 Å². The number of hydrogen-bond donors (Lipinski definition) is 0. The summed E-state index contributed by atoms with van der Waals surface area (Å²) in [5.74, 6) is -0.511. The van der Waals surface area contributed by atoms with Gasteiger partial charge >= 0.3 is 5.97 Å². The molecule has 150 valence electrons. The molecule has 0 atom stereocenters. The molecule has 0 aliphatic heterocycles. The topological polar surface area (TPSA) is 57.5 Å². The number of Topliss-reactive ketones (excluding diaryl/α,β-unsaturated/α-hetero) is 1. The number of esters is 1. The molecular formula is C22H26ClNO4. The lowest BCUT2D eigenvalue weighted by atomic mass is 9.96. The van der Waals surface area contributed by atoms with E-state index >= 15 is 0 Å². The standard InChI is InChI=1S/C22H26ClNO4/c1-15-13-19(16(2)24(15)11-4-12-27-3)20(25)14-28-21(26)22(9-10-22)17-5-7-18(23)8-6-17/h5-8,13H,4,9-12,14H2,1-3H3. The van der Waals surface area contributed by atoms with Gasteiger partial charge in [-0.05, 0) is 56.9 Å². The van der Waals surface area contributed by atoms with Crippen LogP contribution in [0.3, 0.4) is 0 Å². The van der Waals surface area contributed by atoms with Crippen molar-refractivity contribution >= 4 is 23.4 Å². The normalized spacial score (nSPS) is 14.7. The zero-order valence-corrected chi connectivity index (χ0v) is 17.3. The SMILES string of the molecule is COCCCn1c(C)cc(C(=O)COC(=O)C2(c3ccc(Cl)cc3)CC2)c1C. The molecule has 1 fully saturated rings. The summed E-state index contributed by atoms with van der Waals surface area (Å²) in [4.78, 5) is 25.3. The van der Waals surface area contributed by atoms with Gasteiger partial charge in [0.25, 0.3) is 0 Å². The Balaban J connectivity index is 1.63. The number of aromatic nitrogens is 1. The second-order valence-corrected chi connectivity index (χ2v) is 7.81. The van der Waals surface area contributed by atoms with Crippen LogP contribution in [0.2, 0.25) is 5.02 Å². The fourth-order valence-electron chi connectivity index (χ4n) is 3.65. The van der Waals surface area contributed by atoms with E-state index in [0.29, 0.717) is 17.2 Å². The van der Waals surface area contributed by atoms with Crippen LogP contribution in [0.15, 0.2) is 30.3 Å². The lowest BCUT2D eigenvalue weighted by Crippen LogP contribution is -2.26. The van der Waals surface area contributed by atoms with Gasteiger partial charge in [0, 0.05) is 42.2 Å². The molecule has 2 aromatic rings. The predicted molar refractivity (Wildman–Crippen MR) is 108 cm³/mol. The van der Waals surface area contributed by atoms with E-state index in [1.807, 2.05) is 32.0 Å². The number of aryl methyl sites for hydroxylation is 1. The molecule has 6 heteroatoms. The molecule has 1 heterocycles. The minimum Gasteiger partial charge on any atom is -0.457 e. The first kappa shape index (κ1) is 20.6. The van der Waals surface area contributed by atoms with Gasteiger partial charge in [-0.1, -0.05) is 23.7 Å². The van der Waals surface area contributed by atoms with Crippen LogP contribution in [0.25, 0.3) is 0 Å². The molecule has 0 N–H and O–H groups in total. The van der Waals surface area contributed by atoms with Crippen LogP contribution < -0.4 is 0 Å². The van der Waals surface area contributed by atoms with E-state index in [1.165, 1.54) is 0 Å². The maximum absolute atomic E-state index is 12.7. The molecule has 0 radical (unpaired) electrons. The van der Waals surface area contributed by atoms with Crippen LogP contribution >= 0.6 is 11.6 Å². The highest BCUT2D eigenvalue weighted by Crippen LogP contribution is 2.49. The first-order valence-corrected chi connectivity index (χ1v) is 9.89. The number of methoxy groups -OCH3 is 1. The smallest absolute Gasteiger partial charge is 0.317 e. The Bertz CT molecular complexity index is 865. The van der Waals surface area contributed by atoms with Crippen molar-refractivity contribution in [2.45, 2.75) is 45.1 Å². The summed E-state index contributed by atoms with van der Waals surface area (Å²) in [5, 5.41) is 0.629. The van der Waals surface area contributed by atoms with E-state index in [-0.39, 0.29) is 18.4 Å². The fourth-order valence-corrected chi connectivity index (χ4v) is 3.77.